The number of ether oxygens (including phenoxy) is 1. The second-order valence-electron chi connectivity index (χ2n) is 16.1. The maximum Gasteiger partial charge on any atom is 0.280 e. The van der Waals surface area contributed by atoms with E-state index in [9.17, 15) is 23.2 Å². The van der Waals surface area contributed by atoms with E-state index in [-0.39, 0.29) is 30.4 Å². The van der Waals surface area contributed by atoms with Crippen molar-refractivity contribution in [1.82, 2.24) is 25.4 Å². The van der Waals surface area contributed by atoms with Gasteiger partial charge in [-0.3, -0.25) is 24.7 Å². The van der Waals surface area contributed by atoms with Crippen LogP contribution >= 0.6 is 0 Å². The Labute approximate surface area is 334 Å². The predicted molar refractivity (Wildman–Crippen MR) is 215 cm³/mol. The van der Waals surface area contributed by atoms with Gasteiger partial charge in [0.1, 0.15) is 11.6 Å². The monoisotopic (exact) mass is 792 g/mol. The van der Waals surface area contributed by atoms with Gasteiger partial charge < -0.3 is 30.9 Å². The number of hydrogen-bond donors (Lipinski definition) is 5. The largest absolute Gasteiger partial charge is 0.477 e. The minimum atomic E-state index is -1.01. The van der Waals surface area contributed by atoms with Crippen molar-refractivity contribution in [2.24, 2.45) is 29.8 Å². The summed E-state index contributed by atoms with van der Waals surface area (Å²) in [6.07, 6.45) is 5.57. The lowest BCUT2D eigenvalue weighted by atomic mass is 9.80. The molecule has 302 valence electrons. The summed E-state index contributed by atoms with van der Waals surface area (Å²) in [5.41, 5.74) is 5.38. The van der Waals surface area contributed by atoms with E-state index in [4.69, 9.17) is 9.72 Å². The van der Waals surface area contributed by atoms with Gasteiger partial charge in [-0.2, -0.15) is 10.1 Å². The highest BCUT2D eigenvalue weighted by atomic mass is 19.1. The first-order valence-corrected chi connectivity index (χ1v) is 20.1. The molecule has 5 N–H and O–H groups in total. The van der Waals surface area contributed by atoms with Crippen molar-refractivity contribution in [2.75, 3.05) is 53.6 Å². The van der Waals surface area contributed by atoms with E-state index in [2.05, 4.69) is 47.6 Å². The lowest BCUT2D eigenvalue weighted by Crippen LogP contribution is -2.41. The van der Waals surface area contributed by atoms with Crippen molar-refractivity contribution in [1.29, 1.82) is 0 Å². The highest BCUT2D eigenvalue weighted by molar-refractivity contribution is 6.19. The van der Waals surface area contributed by atoms with E-state index in [1.807, 2.05) is 26.1 Å². The summed E-state index contributed by atoms with van der Waals surface area (Å²) in [6.45, 7) is 5.42. The number of nitrogens with one attached hydrogen (secondary N) is 5. The number of guanidine groups is 1. The molecule has 2 aromatic carbocycles. The van der Waals surface area contributed by atoms with Crippen LogP contribution in [-0.4, -0.2) is 77.3 Å². The molecule has 16 heteroatoms. The second kappa shape index (κ2) is 15.5. The number of rotatable bonds is 9. The third-order valence-electron chi connectivity index (χ3n) is 11.9. The van der Waals surface area contributed by atoms with E-state index >= 15 is 0 Å². The fraction of sp³-hybridized carbons (Fsp3) is 0.429. The minimum absolute atomic E-state index is 0.0518. The number of anilines is 4. The first-order valence-electron chi connectivity index (χ1n) is 20.1. The number of carbonyl (C=O) groups is 3. The van der Waals surface area contributed by atoms with Crippen LogP contribution in [-0.2, 0) is 16.6 Å². The van der Waals surface area contributed by atoms with Gasteiger partial charge in [-0.25, -0.2) is 13.5 Å². The van der Waals surface area contributed by atoms with Crippen molar-refractivity contribution in [3.05, 3.63) is 77.1 Å². The molecule has 0 radical (unpaired) electrons. The number of halogens is 2. The highest BCUT2D eigenvalue weighted by Gasteiger charge is 2.41. The van der Waals surface area contributed by atoms with Crippen molar-refractivity contribution in [3.63, 3.8) is 0 Å². The van der Waals surface area contributed by atoms with Gasteiger partial charge in [-0.15, -0.1) is 0 Å². The van der Waals surface area contributed by atoms with Crippen LogP contribution < -0.4 is 36.2 Å². The number of hydrogen-bond acceptors (Lipinski definition) is 11. The van der Waals surface area contributed by atoms with Gasteiger partial charge in [0, 0.05) is 67.3 Å². The number of aryl methyl sites for hydroxylation is 2. The molecule has 1 saturated heterocycles. The number of benzene rings is 2. The number of aliphatic imine (C=N–C) groups is 1. The van der Waals surface area contributed by atoms with E-state index in [0.717, 1.165) is 67.9 Å². The van der Waals surface area contributed by atoms with Crippen LogP contribution in [0.4, 0.5) is 31.5 Å². The molecular weight excluding hydrogens is 747 g/mol. The molecule has 5 heterocycles. The number of fused-ring (bicyclic) bond motifs is 8. The topological polar surface area (TPSA) is 167 Å². The number of imide groups is 1. The Kier molecular flexibility index (Phi) is 10.0. The smallest absolute Gasteiger partial charge is 0.280 e. The Balaban J connectivity index is 0.786. The second-order valence-corrected chi connectivity index (χ2v) is 16.1. The molecule has 14 nitrogen and oxygen atoms in total. The van der Waals surface area contributed by atoms with Crippen molar-refractivity contribution < 1.29 is 27.9 Å². The molecular formula is C42H46F2N10O4. The van der Waals surface area contributed by atoms with Gasteiger partial charge in [0.25, 0.3) is 5.91 Å². The Morgan fingerprint density at radius 1 is 0.948 bits per heavy atom. The SMILES string of the molecule is Cc1cc2cc(n1)-c1cnn(C)c1OCC[C@H]1C[C@@H]1CN1/C(=N/C2=O)Nc2ccc(NCCNC[C@H]3C[C@H](Nc4cc(F)c([C@H]5CCC(=O)NC5=O)c(F)c4)C3)cc21. The molecule has 4 aromatic rings. The summed E-state index contributed by atoms with van der Waals surface area (Å²) >= 11 is 0. The summed E-state index contributed by atoms with van der Waals surface area (Å²) in [7, 11) is 1.84. The molecule has 9 rings (SSSR count). The average molecular weight is 793 g/mol. The zero-order valence-corrected chi connectivity index (χ0v) is 32.4. The van der Waals surface area contributed by atoms with E-state index < -0.39 is 29.4 Å². The first kappa shape index (κ1) is 37.7. The standard InChI is InChI=1S/C42H46F2N10O4/c1-22-11-25-15-35(48-22)31-20-47-53(2)41(31)58-10-7-24-14-26(24)21-54-36-18-27(3-5-34(36)50-42(54)52-39(25)56)46-9-8-45-19-23-12-28(13-23)49-29-16-32(43)38(33(44)17-29)30-4-6-37(55)51-40(30)57/h3,5,11,15-18,20,23-24,26,28,30,45-46,49H,4,6-10,12-14,19,21H2,1-2H3,(H,50,52,56)(H,51,55,57)/t23-,24-,26+,28-,30+/m0/s1. The molecule has 3 amide bonds. The van der Waals surface area contributed by atoms with Crippen LogP contribution in [0, 0.1) is 36.3 Å². The van der Waals surface area contributed by atoms with Crippen LogP contribution in [0.1, 0.15) is 66.1 Å². The first-order chi connectivity index (χ1) is 28.1. The Bertz CT molecular complexity index is 2300. The lowest BCUT2D eigenvalue weighted by Gasteiger charge is -2.37. The van der Waals surface area contributed by atoms with Gasteiger partial charge in [0.05, 0.1) is 41.4 Å². The zero-order chi connectivity index (χ0) is 40.1. The van der Waals surface area contributed by atoms with Gasteiger partial charge >= 0.3 is 0 Å². The van der Waals surface area contributed by atoms with Crippen LogP contribution in [0.15, 0.2) is 53.7 Å². The molecule has 0 unspecified atom stereocenters. The van der Waals surface area contributed by atoms with Crippen LogP contribution in [0.5, 0.6) is 5.88 Å². The summed E-state index contributed by atoms with van der Waals surface area (Å²) in [4.78, 5) is 48.8. The molecule has 2 bridgehead atoms. The molecule has 5 aliphatic rings. The van der Waals surface area contributed by atoms with Gasteiger partial charge in [-0.05, 0) is 106 Å². The van der Waals surface area contributed by atoms with Gasteiger partial charge in [0.2, 0.25) is 23.7 Å². The molecule has 3 atom stereocenters. The molecule has 0 spiro atoms. The van der Waals surface area contributed by atoms with Crippen LogP contribution in [0.2, 0.25) is 0 Å². The van der Waals surface area contributed by atoms with Crippen molar-refractivity contribution in [2.45, 2.75) is 57.4 Å². The maximum absolute atomic E-state index is 15.0. The third kappa shape index (κ3) is 7.72. The molecule has 3 aliphatic heterocycles. The Morgan fingerprint density at radius 3 is 2.59 bits per heavy atom. The van der Waals surface area contributed by atoms with Crippen molar-refractivity contribution in [3.8, 4) is 17.1 Å². The fourth-order valence-corrected chi connectivity index (χ4v) is 8.67. The quantitative estimate of drug-likeness (QED) is 0.110. The Morgan fingerprint density at radius 2 is 1.78 bits per heavy atom. The van der Waals surface area contributed by atoms with E-state index in [1.165, 1.54) is 12.1 Å². The molecule has 58 heavy (non-hydrogen) atoms. The number of nitrogens with zero attached hydrogens (tertiary/aromatic N) is 5. The summed E-state index contributed by atoms with van der Waals surface area (Å²) < 4.78 is 37.9. The lowest BCUT2D eigenvalue weighted by molar-refractivity contribution is -0.134. The number of pyridine rings is 1. The average Bonchev–Trinajstić information content (AvgIpc) is 3.68. The fourth-order valence-electron chi connectivity index (χ4n) is 8.67. The number of amides is 3. The van der Waals surface area contributed by atoms with Crippen LogP contribution in [0.3, 0.4) is 0 Å². The molecule has 2 saturated carbocycles. The van der Waals surface area contributed by atoms with E-state index in [1.54, 1.807) is 23.0 Å². The Hall–Kier alpha value is -5.90. The van der Waals surface area contributed by atoms with E-state index in [0.29, 0.717) is 65.4 Å². The van der Waals surface area contributed by atoms with Crippen molar-refractivity contribution >= 4 is 46.4 Å². The number of piperidine rings is 1. The zero-order valence-electron chi connectivity index (χ0n) is 32.4. The summed E-state index contributed by atoms with van der Waals surface area (Å²) in [6, 6.07) is 12.2. The minimum Gasteiger partial charge on any atom is -0.477 e. The predicted octanol–water partition coefficient (Wildman–Crippen LogP) is 5.33. The van der Waals surface area contributed by atoms with Gasteiger partial charge in [-0.1, -0.05) is 0 Å². The summed E-state index contributed by atoms with van der Waals surface area (Å²) in [5, 5.41) is 20.2. The molecule has 2 aliphatic carbocycles. The number of aromatic nitrogens is 3. The highest BCUT2D eigenvalue weighted by Crippen LogP contribution is 2.45. The normalized spacial score (nSPS) is 24.6. The summed E-state index contributed by atoms with van der Waals surface area (Å²) in [5.74, 6) is -1.52. The number of carbonyl (C=O) groups excluding carboxylic acids is 3. The van der Waals surface area contributed by atoms with Crippen LogP contribution in [0.25, 0.3) is 11.3 Å². The molecule has 2 aromatic heterocycles. The third-order valence-corrected chi connectivity index (χ3v) is 11.9. The molecule has 3 fully saturated rings. The van der Waals surface area contributed by atoms with Gasteiger partial charge in [0.15, 0.2) is 0 Å². The maximum atomic E-state index is 15.0.